The molecule has 3 aromatic heterocycles. The zero-order chi connectivity index (χ0) is 22.8. The summed E-state index contributed by atoms with van der Waals surface area (Å²) in [5.74, 6) is 0.516. The van der Waals surface area contributed by atoms with Crippen molar-refractivity contribution in [2.45, 2.75) is 12.8 Å². The third-order valence-corrected chi connectivity index (χ3v) is 5.35. The lowest BCUT2D eigenvalue weighted by Crippen LogP contribution is -2.11. The normalized spacial score (nSPS) is 11.1. The van der Waals surface area contributed by atoms with Gasteiger partial charge in [0.15, 0.2) is 0 Å². The van der Waals surface area contributed by atoms with Crippen LogP contribution in [0.5, 0.6) is 0 Å². The molecule has 12 heteroatoms. The highest BCUT2D eigenvalue weighted by Gasteiger charge is 2.20. The maximum atomic E-state index is 11.3. The first-order valence-electron chi connectivity index (χ1n) is 9.56. The van der Waals surface area contributed by atoms with Crippen molar-refractivity contribution in [1.29, 1.82) is 0 Å². The van der Waals surface area contributed by atoms with E-state index in [1.165, 1.54) is 6.07 Å². The summed E-state index contributed by atoms with van der Waals surface area (Å²) in [5, 5.41) is 15.6. The summed E-state index contributed by atoms with van der Waals surface area (Å²) in [4.78, 5) is 23.6. The van der Waals surface area contributed by atoms with Crippen LogP contribution in [-0.4, -0.2) is 30.8 Å². The minimum absolute atomic E-state index is 0.144. The summed E-state index contributed by atoms with van der Waals surface area (Å²) in [7, 11) is 0. The number of benzene rings is 1. The highest BCUT2D eigenvalue weighted by molar-refractivity contribution is 6.36. The third kappa shape index (κ3) is 4.36. The van der Waals surface area contributed by atoms with Gasteiger partial charge in [-0.05, 0) is 37.1 Å². The number of nitrogens with two attached hydrogens (primary N) is 2. The molecule has 32 heavy (non-hydrogen) atoms. The van der Waals surface area contributed by atoms with Crippen molar-refractivity contribution in [2.24, 2.45) is 0 Å². The van der Waals surface area contributed by atoms with Gasteiger partial charge in [-0.3, -0.25) is 14.5 Å². The summed E-state index contributed by atoms with van der Waals surface area (Å²) >= 11 is 12.4. The average molecular weight is 473 g/mol. The molecule has 1 aromatic carbocycles. The molecule has 0 aliphatic rings. The van der Waals surface area contributed by atoms with Crippen molar-refractivity contribution in [3.05, 3.63) is 68.4 Å². The van der Waals surface area contributed by atoms with E-state index in [1.807, 2.05) is 6.07 Å². The molecule has 0 radical (unpaired) electrons. The van der Waals surface area contributed by atoms with Gasteiger partial charge in [-0.1, -0.05) is 23.2 Å². The first-order valence-corrected chi connectivity index (χ1v) is 10.3. The fourth-order valence-electron chi connectivity index (χ4n) is 3.40. The van der Waals surface area contributed by atoms with Crippen LogP contribution in [0.15, 0.2) is 42.7 Å². The molecule has 4 aromatic rings. The number of nitrogens with zero attached hydrogens (tertiary/aromatic N) is 5. The average Bonchev–Trinajstić information content (AvgIpc) is 3.19. The standard InChI is InChI=1S/C20H18Cl2N8O2/c21-12-3-4-13(14(22)9-12)15-10-17-25-6-7-29(17)20(27-15)26-5-1-2-11-8-16(23)28-19(24)18(11)30(31)32/h3-4,6-10H,1-2,5H2,(H,26,27)(H4,23,24,28). The molecular weight excluding hydrogens is 455 g/mol. The van der Waals surface area contributed by atoms with E-state index in [1.54, 1.807) is 35.0 Å². The smallest absolute Gasteiger partial charge is 0.314 e. The molecule has 3 heterocycles. The Kier molecular flexibility index (Phi) is 5.97. The molecule has 5 N–H and O–H groups in total. The monoisotopic (exact) mass is 472 g/mol. The van der Waals surface area contributed by atoms with Crippen molar-refractivity contribution in [1.82, 2.24) is 19.4 Å². The van der Waals surface area contributed by atoms with Crippen LogP contribution in [0.4, 0.5) is 23.3 Å². The Morgan fingerprint density at radius 2 is 1.97 bits per heavy atom. The molecule has 0 fully saturated rings. The number of hydrogen-bond donors (Lipinski definition) is 3. The molecule has 4 rings (SSSR count). The fourth-order valence-corrected chi connectivity index (χ4v) is 3.90. The number of fused-ring (bicyclic) bond motifs is 1. The summed E-state index contributed by atoms with van der Waals surface area (Å²) < 4.78 is 1.80. The third-order valence-electron chi connectivity index (χ3n) is 4.80. The number of hydrogen-bond acceptors (Lipinski definition) is 8. The van der Waals surface area contributed by atoms with E-state index in [4.69, 9.17) is 34.7 Å². The molecule has 164 valence electrons. The number of nitrogens with one attached hydrogen (secondary N) is 1. The van der Waals surface area contributed by atoms with E-state index in [2.05, 4.69) is 20.3 Å². The Morgan fingerprint density at radius 1 is 1.16 bits per heavy atom. The molecule has 0 spiro atoms. The molecule has 0 saturated carbocycles. The van der Waals surface area contributed by atoms with E-state index < -0.39 is 4.92 Å². The van der Waals surface area contributed by atoms with Gasteiger partial charge in [0.25, 0.3) is 0 Å². The minimum Gasteiger partial charge on any atom is -0.384 e. The van der Waals surface area contributed by atoms with Crippen molar-refractivity contribution in [2.75, 3.05) is 23.3 Å². The molecule has 0 aliphatic carbocycles. The van der Waals surface area contributed by atoms with Crippen molar-refractivity contribution < 1.29 is 4.92 Å². The van der Waals surface area contributed by atoms with Gasteiger partial charge in [-0.25, -0.2) is 15.0 Å². The van der Waals surface area contributed by atoms with Crippen LogP contribution >= 0.6 is 23.2 Å². The van der Waals surface area contributed by atoms with Gasteiger partial charge >= 0.3 is 5.69 Å². The molecule has 0 amide bonds. The van der Waals surface area contributed by atoms with E-state index in [0.717, 1.165) is 5.56 Å². The van der Waals surface area contributed by atoms with E-state index in [-0.39, 0.29) is 17.3 Å². The highest BCUT2D eigenvalue weighted by atomic mass is 35.5. The molecule has 0 bridgehead atoms. The number of aromatic nitrogens is 4. The number of imidazole rings is 1. The lowest BCUT2D eigenvalue weighted by atomic mass is 10.1. The number of nitro groups is 1. The molecule has 10 nitrogen and oxygen atoms in total. The predicted molar refractivity (Wildman–Crippen MR) is 125 cm³/mol. The van der Waals surface area contributed by atoms with Crippen LogP contribution in [0.3, 0.4) is 0 Å². The van der Waals surface area contributed by atoms with Gasteiger partial charge in [0, 0.05) is 41.2 Å². The van der Waals surface area contributed by atoms with Crippen LogP contribution in [0, 0.1) is 10.1 Å². The van der Waals surface area contributed by atoms with Crippen LogP contribution in [0.2, 0.25) is 10.0 Å². The van der Waals surface area contributed by atoms with Gasteiger partial charge in [0.1, 0.15) is 11.5 Å². The number of halogens is 2. The first-order chi connectivity index (χ1) is 15.3. The molecule has 0 saturated heterocycles. The largest absolute Gasteiger partial charge is 0.384 e. The number of aryl methyl sites for hydroxylation is 1. The number of pyridine rings is 1. The summed E-state index contributed by atoms with van der Waals surface area (Å²) in [5.41, 5.74) is 13.6. The maximum Gasteiger partial charge on any atom is 0.314 e. The maximum absolute atomic E-state index is 11.3. The van der Waals surface area contributed by atoms with E-state index >= 15 is 0 Å². The second-order valence-electron chi connectivity index (χ2n) is 6.97. The van der Waals surface area contributed by atoms with Crippen LogP contribution in [0.1, 0.15) is 12.0 Å². The SMILES string of the molecule is Nc1cc(CCCNc2nc(-c3ccc(Cl)cc3Cl)cc3nccn23)c([N+](=O)[O-])c(N)n1. The minimum atomic E-state index is -0.541. The zero-order valence-electron chi connectivity index (χ0n) is 16.6. The van der Waals surface area contributed by atoms with Gasteiger partial charge < -0.3 is 16.8 Å². The second kappa shape index (κ2) is 8.85. The number of nitrogen functional groups attached to an aromatic ring is 2. The fraction of sp³-hybridized carbons (Fsp3) is 0.150. The molecular formula is C20H18Cl2N8O2. The lowest BCUT2D eigenvalue weighted by Gasteiger charge is -2.12. The van der Waals surface area contributed by atoms with Crippen molar-refractivity contribution in [3.8, 4) is 11.3 Å². The molecule has 0 aliphatic heterocycles. The van der Waals surface area contributed by atoms with E-state index in [0.29, 0.717) is 52.3 Å². The Morgan fingerprint density at radius 3 is 2.72 bits per heavy atom. The Hall–Kier alpha value is -3.63. The zero-order valence-corrected chi connectivity index (χ0v) is 18.1. The predicted octanol–water partition coefficient (Wildman–Crippen LogP) is 4.22. The van der Waals surface area contributed by atoms with Crippen molar-refractivity contribution >= 4 is 52.1 Å². The Labute approximate surface area is 192 Å². The molecule has 0 atom stereocenters. The van der Waals surface area contributed by atoms with Crippen LogP contribution in [0.25, 0.3) is 16.9 Å². The summed E-state index contributed by atoms with van der Waals surface area (Å²) in [6, 6.07) is 8.50. The summed E-state index contributed by atoms with van der Waals surface area (Å²) in [6.45, 7) is 0.484. The van der Waals surface area contributed by atoms with Crippen LogP contribution in [-0.2, 0) is 6.42 Å². The Balaban J connectivity index is 1.54. The molecule has 0 unspecified atom stereocenters. The van der Waals surface area contributed by atoms with Gasteiger partial charge in [0.2, 0.25) is 11.8 Å². The summed E-state index contributed by atoms with van der Waals surface area (Å²) in [6.07, 6.45) is 4.40. The van der Waals surface area contributed by atoms with Crippen molar-refractivity contribution in [3.63, 3.8) is 0 Å². The number of rotatable bonds is 7. The topological polar surface area (TPSA) is 150 Å². The van der Waals surface area contributed by atoms with E-state index in [9.17, 15) is 10.1 Å². The Bertz CT molecular complexity index is 1320. The number of anilines is 3. The lowest BCUT2D eigenvalue weighted by molar-refractivity contribution is -0.384. The first kappa shape index (κ1) is 21.6. The van der Waals surface area contributed by atoms with Crippen LogP contribution < -0.4 is 16.8 Å². The van der Waals surface area contributed by atoms with Gasteiger partial charge in [0.05, 0.1) is 15.6 Å². The van der Waals surface area contributed by atoms with Gasteiger partial charge in [-0.2, -0.15) is 0 Å². The highest BCUT2D eigenvalue weighted by Crippen LogP contribution is 2.31. The van der Waals surface area contributed by atoms with Gasteiger partial charge in [-0.15, -0.1) is 0 Å². The quantitative estimate of drug-likeness (QED) is 0.205. The second-order valence-corrected chi connectivity index (χ2v) is 7.82.